The molecule has 1 aromatic rings. The second-order valence-corrected chi connectivity index (χ2v) is 5.26. The van der Waals surface area contributed by atoms with E-state index in [9.17, 15) is 12.8 Å². The molecule has 2 N–H and O–H groups in total. The van der Waals surface area contributed by atoms with Gasteiger partial charge in [0.2, 0.25) is 10.0 Å². The lowest BCUT2D eigenvalue weighted by Crippen LogP contribution is -2.11. The zero-order chi connectivity index (χ0) is 12.2. The highest BCUT2D eigenvalue weighted by Crippen LogP contribution is 2.17. The number of aliphatic hydroxyl groups is 1. The summed E-state index contributed by atoms with van der Waals surface area (Å²) in [5, 5.41) is 8.62. The molecule has 1 rings (SSSR count). The normalized spacial score (nSPS) is 11.4. The molecular formula is C10H14FNO3S. The van der Waals surface area contributed by atoms with Crippen molar-refractivity contribution in [2.24, 2.45) is 0 Å². The molecule has 0 aliphatic heterocycles. The second kappa shape index (κ2) is 5.27. The Labute approximate surface area is 94.2 Å². The van der Waals surface area contributed by atoms with Crippen LogP contribution < -0.4 is 4.72 Å². The van der Waals surface area contributed by atoms with Crippen LogP contribution in [0.1, 0.15) is 12.0 Å². The molecule has 6 heteroatoms. The largest absolute Gasteiger partial charge is 0.396 e. The van der Waals surface area contributed by atoms with E-state index in [1.807, 2.05) is 0 Å². The van der Waals surface area contributed by atoms with E-state index in [-0.39, 0.29) is 12.3 Å². The first kappa shape index (κ1) is 12.9. The average Bonchev–Trinajstić information content (AvgIpc) is 2.17. The third-order valence-electron chi connectivity index (χ3n) is 1.95. The van der Waals surface area contributed by atoms with Crippen molar-refractivity contribution < 1.29 is 17.9 Å². The van der Waals surface area contributed by atoms with Gasteiger partial charge in [-0.1, -0.05) is 6.07 Å². The lowest BCUT2D eigenvalue weighted by molar-refractivity contribution is 0.288. The number of hydrogen-bond acceptors (Lipinski definition) is 3. The molecule has 4 nitrogen and oxygen atoms in total. The third kappa shape index (κ3) is 4.16. The smallest absolute Gasteiger partial charge is 0.229 e. The molecule has 0 aromatic heterocycles. The fourth-order valence-corrected chi connectivity index (χ4v) is 1.84. The summed E-state index contributed by atoms with van der Waals surface area (Å²) in [6.07, 6.45) is 2.08. The maximum absolute atomic E-state index is 13.4. The highest BCUT2D eigenvalue weighted by molar-refractivity contribution is 7.92. The van der Waals surface area contributed by atoms with E-state index >= 15 is 0 Å². The summed E-state index contributed by atoms with van der Waals surface area (Å²) in [6.45, 7) is 0.0466. The summed E-state index contributed by atoms with van der Waals surface area (Å²) in [4.78, 5) is 0. The topological polar surface area (TPSA) is 66.4 Å². The van der Waals surface area contributed by atoms with Crippen molar-refractivity contribution in [3.63, 3.8) is 0 Å². The summed E-state index contributed by atoms with van der Waals surface area (Å²) in [6, 6.07) is 4.28. The molecule has 0 unspecified atom stereocenters. The predicted octanol–water partition coefficient (Wildman–Crippen LogP) is 1.12. The van der Waals surface area contributed by atoms with E-state index in [1.165, 1.54) is 12.1 Å². The van der Waals surface area contributed by atoms with Crippen molar-refractivity contribution >= 4 is 15.7 Å². The Morgan fingerprint density at radius 2 is 2.12 bits per heavy atom. The van der Waals surface area contributed by atoms with E-state index in [0.717, 1.165) is 11.8 Å². The molecule has 0 saturated carbocycles. The molecule has 0 amide bonds. The van der Waals surface area contributed by atoms with Crippen LogP contribution in [0.5, 0.6) is 0 Å². The monoisotopic (exact) mass is 247 g/mol. The Morgan fingerprint density at radius 3 is 2.62 bits per heavy atom. The van der Waals surface area contributed by atoms with Crippen molar-refractivity contribution in [3.05, 3.63) is 29.6 Å². The number of aryl methyl sites for hydroxylation is 1. The molecule has 0 aliphatic carbocycles. The minimum Gasteiger partial charge on any atom is -0.396 e. The lowest BCUT2D eigenvalue weighted by Gasteiger charge is -2.07. The third-order valence-corrected chi connectivity index (χ3v) is 2.54. The van der Waals surface area contributed by atoms with Gasteiger partial charge in [0, 0.05) is 6.61 Å². The molecule has 90 valence electrons. The first-order chi connectivity index (χ1) is 7.42. The Balaban J connectivity index is 2.83. The van der Waals surface area contributed by atoms with Crippen LogP contribution in [0.15, 0.2) is 18.2 Å². The van der Waals surface area contributed by atoms with E-state index in [0.29, 0.717) is 12.8 Å². The first-order valence-corrected chi connectivity index (χ1v) is 6.68. The van der Waals surface area contributed by atoms with Crippen LogP contribution in [0.3, 0.4) is 0 Å². The fourth-order valence-electron chi connectivity index (χ4n) is 1.28. The summed E-state index contributed by atoms with van der Waals surface area (Å²) in [7, 11) is -3.46. The fraction of sp³-hybridized carbons (Fsp3) is 0.400. The van der Waals surface area contributed by atoms with Crippen LogP contribution in [0.2, 0.25) is 0 Å². The van der Waals surface area contributed by atoms with E-state index < -0.39 is 15.8 Å². The molecule has 0 bridgehead atoms. The molecule has 0 saturated heterocycles. The standard InChI is InChI=1S/C10H14FNO3S/c1-16(14,15)12-10-5-4-8(3-2-6-13)7-9(10)11/h4-5,7,12-13H,2-3,6H2,1H3. The molecule has 0 spiro atoms. The number of sulfonamides is 1. The number of nitrogens with one attached hydrogen (secondary N) is 1. The number of rotatable bonds is 5. The second-order valence-electron chi connectivity index (χ2n) is 3.52. The van der Waals surface area contributed by atoms with Gasteiger partial charge < -0.3 is 5.11 Å². The van der Waals surface area contributed by atoms with Gasteiger partial charge in [-0.25, -0.2) is 12.8 Å². The van der Waals surface area contributed by atoms with Crippen LogP contribution in [0.4, 0.5) is 10.1 Å². The molecule has 0 radical (unpaired) electrons. The molecule has 16 heavy (non-hydrogen) atoms. The Kier molecular flexibility index (Phi) is 4.26. The van der Waals surface area contributed by atoms with Gasteiger partial charge >= 0.3 is 0 Å². The molecule has 0 aliphatic rings. The predicted molar refractivity (Wildman–Crippen MR) is 60.3 cm³/mol. The highest BCUT2D eigenvalue weighted by atomic mass is 32.2. The van der Waals surface area contributed by atoms with Crippen LogP contribution in [-0.4, -0.2) is 26.4 Å². The molecular weight excluding hydrogens is 233 g/mol. The summed E-state index contributed by atoms with van der Waals surface area (Å²) in [5.74, 6) is -0.610. The van der Waals surface area contributed by atoms with E-state index in [1.54, 1.807) is 6.07 Å². The number of hydrogen-bond donors (Lipinski definition) is 2. The zero-order valence-electron chi connectivity index (χ0n) is 8.90. The van der Waals surface area contributed by atoms with E-state index in [4.69, 9.17) is 5.11 Å². The van der Waals surface area contributed by atoms with Gasteiger partial charge in [-0.2, -0.15) is 0 Å². The Morgan fingerprint density at radius 1 is 1.44 bits per heavy atom. The van der Waals surface area contributed by atoms with Crippen molar-refractivity contribution in [1.82, 2.24) is 0 Å². The number of halogens is 1. The van der Waals surface area contributed by atoms with Gasteiger partial charge in [0.1, 0.15) is 5.82 Å². The maximum atomic E-state index is 13.4. The average molecular weight is 247 g/mol. The van der Waals surface area contributed by atoms with Crippen molar-refractivity contribution in [2.75, 3.05) is 17.6 Å². The van der Waals surface area contributed by atoms with Crippen molar-refractivity contribution in [1.29, 1.82) is 0 Å². The zero-order valence-corrected chi connectivity index (χ0v) is 9.72. The van der Waals surface area contributed by atoms with Gasteiger partial charge in [0.05, 0.1) is 11.9 Å². The maximum Gasteiger partial charge on any atom is 0.229 e. The quantitative estimate of drug-likeness (QED) is 0.819. The first-order valence-electron chi connectivity index (χ1n) is 4.79. The van der Waals surface area contributed by atoms with Gasteiger partial charge in [0.15, 0.2) is 0 Å². The number of benzene rings is 1. The van der Waals surface area contributed by atoms with Crippen molar-refractivity contribution in [3.8, 4) is 0 Å². The number of aliphatic hydroxyl groups excluding tert-OH is 1. The van der Waals surface area contributed by atoms with Crippen LogP contribution in [-0.2, 0) is 16.4 Å². The summed E-state index contributed by atoms with van der Waals surface area (Å²) < 4.78 is 37.3. The molecule has 0 atom stereocenters. The highest BCUT2D eigenvalue weighted by Gasteiger charge is 2.07. The number of anilines is 1. The van der Waals surface area contributed by atoms with Gasteiger partial charge in [0.25, 0.3) is 0 Å². The van der Waals surface area contributed by atoms with Crippen LogP contribution in [0, 0.1) is 5.82 Å². The van der Waals surface area contributed by atoms with Gasteiger partial charge in [-0.15, -0.1) is 0 Å². The van der Waals surface area contributed by atoms with Crippen LogP contribution in [0.25, 0.3) is 0 Å². The van der Waals surface area contributed by atoms with Crippen molar-refractivity contribution in [2.45, 2.75) is 12.8 Å². The van der Waals surface area contributed by atoms with Crippen LogP contribution >= 0.6 is 0 Å². The van der Waals surface area contributed by atoms with Gasteiger partial charge in [-0.3, -0.25) is 4.72 Å². The van der Waals surface area contributed by atoms with Gasteiger partial charge in [-0.05, 0) is 30.5 Å². The summed E-state index contributed by atoms with van der Waals surface area (Å²) >= 11 is 0. The SMILES string of the molecule is CS(=O)(=O)Nc1ccc(CCCO)cc1F. The Hall–Kier alpha value is -1.14. The molecule has 0 heterocycles. The molecule has 1 aromatic carbocycles. The lowest BCUT2D eigenvalue weighted by atomic mass is 10.1. The minimum atomic E-state index is -3.46. The summed E-state index contributed by atoms with van der Waals surface area (Å²) in [5.41, 5.74) is 0.667. The minimum absolute atomic E-state index is 0.0466. The molecule has 0 fully saturated rings. The Bertz CT molecular complexity index is 459. The van der Waals surface area contributed by atoms with E-state index in [2.05, 4.69) is 4.72 Å².